The molecule has 0 unspecified atom stereocenters. The molecule has 0 fully saturated rings. The van der Waals surface area contributed by atoms with Gasteiger partial charge in [0.05, 0.1) is 12.8 Å². The SMILES string of the molecule is CCC(CC)N(CCOC)C(=O)Cn1cc(C(=O)O)nn1. The smallest absolute Gasteiger partial charge is 0.358 e. The van der Waals surface area contributed by atoms with Crippen LogP contribution in [0.1, 0.15) is 37.2 Å². The van der Waals surface area contributed by atoms with Crippen LogP contribution in [0, 0.1) is 0 Å². The number of carboxylic acids is 1. The Balaban J connectivity index is 2.76. The number of hydrogen-bond donors (Lipinski definition) is 1. The Labute approximate surface area is 123 Å². The van der Waals surface area contributed by atoms with E-state index in [4.69, 9.17) is 9.84 Å². The van der Waals surface area contributed by atoms with Gasteiger partial charge in [-0.3, -0.25) is 4.79 Å². The van der Waals surface area contributed by atoms with E-state index in [1.807, 2.05) is 13.8 Å². The van der Waals surface area contributed by atoms with Crippen LogP contribution in [0.15, 0.2) is 6.20 Å². The molecule has 118 valence electrons. The highest BCUT2D eigenvalue weighted by Crippen LogP contribution is 2.10. The van der Waals surface area contributed by atoms with Crippen molar-refractivity contribution in [3.8, 4) is 0 Å². The predicted octanol–water partition coefficient (Wildman–Crippen LogP) is 0.640. The molecule has 1 heterocycles. The Kier molecular flexibility index (Phi) is 6.80. The van der Waals surface area contributed by atoms with Crippen LogP contribution in [0.4, 0.5) is 0 Å². The van der Waals surface area contributed by atoms with E-state index in [2.05, 4.69) is 10.3 Å². The van der Waals surface area contributed by atoms with Crippen molar-refractivity contribution in [2.24, 2.45) is 0 Å². The monoisotopic (exact) mass is 298 g/mol. The van der Waals surface area contributed by atoms with Gasteiger partial charge in [-0.15, -0.1) is 5.10 Å². The third-order valence-corrected chi connectivity index (χ3v) is 3.29. The summed E-state index contributed by atoms with van der Waals surface area (Å²) < 4.78 is 6.29. The summed E-state index contributed by atoms with van der Waals surface area (Å²) in [4.78, 5) is 24.9. The molecule has 0 aliphatic rings. The first-order chi connectivity index (χ1) is 10.0. The van der Waals surface area contributed by atoms with Crippen LogP contribution in [-0.4, -0.2) is 63.2 Å². The minimum Gasteiger partial charge on any atom is -0.476 e. The summed E-state index contributed by atoms with van der Waals surface area (Å²) in [6.07, 6.45) is 2.95. The summed E-state index contributed by atoms with van der Waals surface area (Å²) in [5.74, 6) is -1.28. The Morgan fingerprint density at radius 2 is 2.10 bits per heavy atom. The van der Waals surface area contributed by atoms with Crippen LogP contribution in [0.25, 0.3) is 0 Å². The molecule has 0 atom stereocenters. The fourth-order valence-electron chi connectivity index (χ4n) is 2.13. The number of amides is 1. The minimum atomic E-state index is -1.16. The predicted molar refractivity (Wildman–Crippen MR) is 74.9 cm³/mol. The number of hydrogen-bond acceptors (Lipinski definition) is 5. The molecule has 0 saturated heterocycles. The summed E-state index contributed by atoms with van der Waals surface area (Å²) in [6.45, 7) is 4.99. The molecule has 1 amide bonds. The summed E-state index contributed by atoms with van der Waals surface area (Å²) in [7, 11) is 1.59. The van der Waals surface area contributed by atoms with Crippen LogP contribution >= 0.6 is 0 Å². The van der Waals surface area contributed by atoms with Gasteiger partial charge in [-0.05, 0) is 12.8 Å². The van der Waals surface area contributed by atoms with Crippen molar-refractivity contribution in [3.05, 3.63) is 11.9 Å². The zero-order valence-electron chi connectivity index (χ0n) is 12.7. The molecular formula is C13H22N4O4. The highest BCUT2D eigenvalue weighted by Gasteiger charge is 2.21. The minimum absolute atomic E-state index is 0.0273. The maximum atomic E-state index is 12.4. The van der Waals surface area contributed by atoms with Gasteiger partial charge >= 0.3 is 5.97 Å². The van der Waals surface area contributed by atoms with Crippen molar-refractivity contribution in [2.75, 3.05) is 20.3 Å². The van der Waals surface area contributed by atoms with Gasteiger partial charge in [0.2, 0.25) is 5.91 Å². The van der Waals surface area contributed by atoms with Gasteiger partial charge in [0.1, 0.15) is 6.54 Å². The number of aromatic nitrogens is 3. The van der Waals surface area contributed by atoms with Gasteiger partial charge in [0, 0.05) is 19.7 Å². The first-order valence-corrected chi connectivity index (χ1v) is 6.95. The number of carboxylic acid groups (broad SMARTS) is 1. The number of carbonyl (C=O) groups is 2. The highest BCUT2D eigenvalue weighted by molar-refractivity contribution is 5.84. The number of ether oxygens (including phenoxy) is 1. The molecule has 0 bridgehead atoms. The van der Waals surface area contributed by atoms with E-state index >= 15 is 0 Å². The van der Waals surface area contributed by atoms with Crippen LogP contribution in [0.3, 0.4) is 0 Å². The molecule has 1 aromatic heterocycles. The lowest BCUT2D eigenvalue weighted by Crippen LogP contribution is -2.43. The van der Waals surface area contributed by atoms with Crippen LogP contribution in [-0.2, 0) is 16.1 Å². The van der Waals surface area contributed by atoms with E-state index in [0.717, 1.165) is 12.8 Å². The van der Waals surface area contributed by atoms with Crippen LogP contribution in [0.5, 0.6) is 0 Å². The molecule has 1 aromatic rings. The molecule has 0 spiro atoms. The van der Waals surface area contributed by atoms with Gasteiger partial charge in [0.15, 0.2) is 5.69 Å². The second kappa shape index (κ2) is 8.35. The number of rotatable bonds is 9. The highest BCUT2D eigenvalue weighted by atomic mass is 16.5. The normalized spacial score (nSPS) is 10.9. The molecule has 0 radical (unpaired) electrons. The Bertz CT molecular complexity index is 470. The number of methoxy groups -OCH3 is 1. The lowest BCUT2D eigenvalue weighted by atomic mass is 10.1. The molecule has 21 heavy (non-hydrogen) atoms. The third-order valence-electron chi connectivity index (χ3n) is 3.29. The van der Waals surface area contributed by atoms with Crippen molar-refractivity contribution in [3.63, 3.8) is 0 Å². The van der Waals surface area contributed by atoms with E-state index in [-0.39, 0.29) is 24.2 Å². The van der Waals surface area contributed by atoms with E-state index < -0.39 is 5.97 Å². The fraction of sp³-hybridized carbons (Fsp3) is 0.692. The first kappa shape index (κ1) is 17.1. The van der Waals surface area contributed by atoms with Crippen molar-refractivity contribution >= 4 is 11.9 Å². The fourth-order valence-corrected chi connectivity index (χ4v) is 2.13. The number of carbonyl (C=O) groups excluding carboxylic acids is 1. The topological polar surface area (TPSA) is 97.5 Å². The molecule has 0 aromatic carbocycles. The van der Waals surface area contributed by atoms with Gasteiger partial charge in [-0.25, -0.2) is 9.48 Å². The number of aromatic carboxylic acids is 1. The zero-order valence-corrected chi connectivity index (χ0v) is 12.7. The molecule has 8 heteroatoms. The molecule has 0 aliphatic carbocycles. The molecular weight excluding hydrogens is 276 g/mol. The number of nitrogens with zero attached hydrogens (tertiary/aromatic N) is 4. The Morgan fingerprint density at radius 3 is 2.57 bits per heavy atom. The zero-order chi connectivity index (χ0) is 15.8. The van der Waals surface area contributed by atoms with Crippen molar-refractivity contribution in [1.29, 1.82) is 0 Å². The van der Waals surface area contributed by atoms with E-state index in [1.165, 1.54) is 10.9 Å². The lowest BCUT2D eigenvalue weighted by Gasteiger charge is -2.30. The van der Waals surface area contributed by atoms with Crippen molar-refractivity contribution in [2.45, 2.75) is 39.3 Å². The molecule has 8 nitrogen and oxygen atoms in total. The molecule has 0 saturated carbocycles. The van der Waals surface area contributed by atoms with Gasteiger partial charge in [0.25, 0.3) is 0 Å². The Morgan fingerprint density at radius 1 is 1.43 bits per heavy atom. The van der Waals surface area contributed by atoms with E-state index in [1.54, 1.807) is 12.0 Å². The molecule has 1 N–H and O–H groups in total. The molecule has 0 aliphatic heterocycles. The molecule has 1 rings (SSSR count). The summed E-state index contributed by atoms with van der Waals surface area (Å²) in [5.41, 5.74) is -0.172. The van der Waals surface area contributed by atoms with Crippen molar-refractivity contribution < 1.29 is 19.4 Å². The largest absolute Gasteiger partial charge is 0.476 e. The second-order valence-electron chi connectivity index (χ2n) is 4.66. The van der Waals surface area contributed by atoms with E-state index in [0.29, 0.717) is 13.2 Å². The summed E-state index contributed by atoms with van der Waals surface area (Å²) in [5, 5.41) is 15.9. The standard InChI is InChI=1S/C13H22N4O4/c1-4-10(5-2)17(6-7-21-3)12(18)9-16-8-11(13(19)20)14-15-16/h8,10H,4-7,9H2,1-3H3,(H,19,20). The Hall–Kier alpha value is -1.96. The van der Waals surface area contributed by atoms with Crippen molar-refractivity contribution in [1.82, 2.24) is 19.9 Å². The van der Waals surface area contributed by atoms with Crippen LogP contribution < -0.4 is 0 Å². The average molecular weight is 298 g/mol. The second-order valence-corrected chi connectivity index (χ2v) is 4.66. The lowest BCUT2D eigenvalue weighted by molar-refractivity contribution is -0.135. The quantitative estimate of drug-likeness (QED) is 0.718. The average Bonchev–Trinajstić information content (AvgIpc) is 2.92. The maximum absolute atomic E-state index is 12.4. The maximum Gasteiger partial charge on any atom is 0.358 e. The third kappa shape index (κ3) is 4.82. The van der Waals surface area contributed by atoms with Crippen LogP contribution in [0.2, 0.25) is 0 Å². The first-order valence-electron chi connectivity index (χ1n) is 6.95. The van der Waals surface area contributed by atoms with E-state index in [9.17, 15) is 9.59 Å². The van der Waals surface area contributed by atoms with Gasteiger partial charge in [-0.1, -0.05) is 19.1 Å². The summed E-state index contributed by atoms with van der Waals surface area (Å²) in [6, 6.07) is 0.134. The summed E-state index contributed by atoms with van der Waals surface area (Å²) >= 11 is 0. The van der Waals surface area contributed by atoms with Gasteiger partial charge in [-0.2, -0.15) is 0 Å². The van der Waals surface area contributed by atoms with Gasteiger partial charge < -0.3 is 14.7 Å².